The highest BCUT2D eigenvalue weighted by Crippen LogP contribution is 2.62. The molecule has 3 heterocycles. The zero-order chi connectivity index (χ0) is 38.2. The van der Waals surface area contributed by atoms with Crippen LogP contribution in [-0.2, 0) is 5.41 Å². The van der Waals surface area contributed by atoms with Crippen LogP contribution in [0.3, 0.4) is 0 Å². The van der Waals surface area contributed by atoms with E-state index in [1.54, 1.807) is 0 Å². The van der Waals surface area contributed by atoms with Gasteiger partial charge in [0.05, 0.1) is 33.5 Å². The van der Waals surface area contributed by atoms with Crippen molar-refractivity contribution in [3.8, 4) is 39.4 Å². The Kier molecular flexibility index (Phi) is 7.14. The Balaban J connectivity index is 1.18. The van der Waals surface area contributed by atoms with Gasteiger partial charge in [0.25, 0.3) is 0 Å². The number of rotatable bonds is 5. The molecule has 272 valence electrons. The second-order valence-electron chi connectivity index (χ2n) is 15.2. The van der Waals surface area contributed by atoms with Crippen molar-refractivity contribution in [3.05, 3.63) is 241 Å². The van der Waals surface area contributed by atoms with Gasteiger partial charge >= 0.3 is 0 Å². The minimum atomic E-state index is -0.678. The van der Waals surface area contributed by atoms with E-state index in [-0.39, 0.29) is 0 Å². The van der Waals surface area contributed by atoms with Crippen molar-refractivity contribution in [2.24, 2.45) is 0 Å². The number of benzene rings is 9. The van der Waals surface area contributed by atoms with Crippen LogP contribution >= 0.6 is 0 Å². The van der Waals surface area contributed by atoms with Crippen LogP contribution < -0.4 is 9.64 Å². The number of nitrogens with zero attached hydrogens (tertiary/aromatic N) is 2. The van der Waals surface area contributed by atoms with E-state index in [1.807, 2.05) is 0 Å². The summed E-state index contributed by atoms with van der Waals surface area (Å²) in [5.74, 6) is 1.70. The second-order valence-corrected chi connectivity index (χ2v) is 15.2. The first-order valence-electron chi connectivity index (χ1n) is 19.9. The molecule has 0 amide bonds. The average molecular weight is 741 g/mol. The fourth-order valence-corrected chi connectivity index (χ4v) is 9.88. The van der Waals surface area contributed by atoms with Crippen molar-refractivity contribution in [3.63, 3.8) is 0 Å². The summed E-state index contributed by atoms with van der Waals surface area (Å²) in [4.78, 5) is 2.39. The smallest absolute Gasteiger partial charge is 0.156 e. The molecule has 0 bridgehead atoms. The van der Waals surface area contributed by atoms with Crippen LogP contribution in [-0.4, -0.2) is 4.57 Å². The molecule has 1 spiro atoms. The average Bonchev–Trinajstić information content (AvgIpc) is 3.64. The van der Waals surface area contributed by atoms with Gasteiger partial charge in [-0.05, 0) is 70.3 Å². The third-order valence-electron chi connectivity index (χ3n) is 12.3. The highest BCUT2D eigenvalue weighted by molar-refractivity contribution is 6.12. The van der Waals surface area contributed by atoms with Crippen LogP contribution in [0.25, 0.3) is 49.7 Å². The van der Waals surface area contributed by atoms with Crippen LogP contribution in [0.4, 0.5) is 17.1 Å². The Morgan fingerprint density at radius 1 is 0.397 bits per heavy atom. The number of aromatic nitrogens is 1. The van der Waals surface area contributed by atoms with E-state index in [9.17, 15) is 0 Å². The molecule has 2 aliphatic heterocycles. The van der Waals surface area contributed by atoms with E-state index in [0.717, 1.165) is 50.8 Å². The number of para-hydroxylation sites is 6. The molecule has 2 aliphatic rings. The van der Waals surface area contributed by atoms with Crippen molar-refractivity contribution in [1.29, 1.82) is 0 Å². The third-order valence-corrected chi connectivity index (χ3v) is 12.3. The van der Waals surface area contributed by atoms with Gasteiger partial charge in [-0.2, -0.15) is 0 Å². The second kappa shape index (κ2) is 12.7. The summed E-state index contributed by atoms with van der Waals surface area (Å²) in [5, 5.41) is 2.50. The molecule has 1 unspecified atom stereocenters. The van der Waals surface area contributed by atoms with Crippen LogP contribution in [0.15, 0.2) is 218 Å². The normalized spacial score (nSPS) is 14.8. The molecule has 1 aromatic heterocycles. The van der Waals surface area contributed by atoms with E-state index < -0.39 is 5.41 Å². The minimum absolute atomic E-state index is 0.678. The van der Waals surface area contributed by atoms with Gasteiger partial charge in [-0.15, -0.1) is 0 Å². The largest absolute Gasteiger partial charge is 0.454 e. The highest BCUT2D eigenvalue weighted by atomic mass is 16.5. The molecule has 0 saturated carbocycles. The molecule has 10 aromatic rings. The zero-order valence-electron chi connectivity index (χ0n) is 31.6. The molecule has 12 rings (SSSR count). The number of anilines is 3. The topological polar surface area (TPSA) is 17.4 Å². The Bertz CT molecular complexity index is 3200. The fraction of sp³-hybridized carbons (Fsp3) is 0.0182. The minimum Gasteiger partial charge on any atom is -0.454 e. The van der Waals surface area contributed by atoms with E-state index in [2.05, 4.69) is 228 Å². The molecule has 0 N–H and O–H groups in total. The molecule has 58 heavy (non-hydrogen) atoms. The number of fused-ring (bicyclic) bond motifs is 11. The first-order valence-corrected chi connectivity index (χ1v) is 19.9. The van der Waals surface area contributed by atoms with Crippen LogP contribution in [0, 0.1) is 0 Å². The molecular formula is C55H36N2O. The maximum absolute atomic E-state index is 7.31. The maximum Gasteiger partial charge on any atom is 0.156 e. The standard InChI is InChI=1S/C55H36N2O/c1-3-17-37(18-4-1)38-33-35-40(36-34-38)56(48-28-11-7-21-41(48)39-19-5-2-6-20-39)51-31-16-27-47-54(51)58-52-32-14-10-25-45(52)55(47)44-24-9-13-30-50(44)57-49-29-12-8-22-42(49)43-23-15-26-46(55)53(43)57/h1-36H. The summed E-state index contributed by atoms with van der Waals surface area (Å²) in [7, 11) is 0. The maximum atomic E-state index is 7.31. The van der Waals surface area contributed by atoms with Gasteiger partial charge in [0.2, 0.25) is 0 Å². The molecule has 1 atom stereocenters. The molecule has 9 aromatic carbocycles. The lowest BCUT2D eigenvalue weighted by atomic mass is 9.61. The Labute approximate surface area is 337 Å². The Morgan fingerprint density at radius 3 is 1.83 bits per heavy atom. The SMILES string of the molecule is c1ccc(-c2ccc(N(c3ccccc3-c3ccccc3)c3cccc4c3Oc3ccccc3C43c4ccccc4-n4c5ccccc5c5cccc3c54)cc2)cc1. The molecule has 3 nitrogen and oxygen atoms in total. The van der Waals surface area contributed by atoms with Gasteiger partial charge in [0.15, 0.2) is 5.75 Å². The van der Waals surface area contributed by atoms with Crippen LogP contribution in [0.2, 0.25) is 0 Å². The number of hydrogen-bond donors (Lipinski definition) is 0. The summed E-state index contributed by atoms with van der Waals surface area (Å²) in [6.07, 6.45) is 0. The van der Waals surface area contributed by atoms with E-state index >= 15 is 0 Å². The first kappa shape index (κ1) is 32.6. The summed E-state index contributed by atoms with van der Waals surface area (Å²) >= 11 is 0. The highest BCUT2D eigenvalue weighted by Gasteiger charge is 2.51. The van der Waals surface area contributed by atoms with Crippen molar-refractivity contribution < 1.29 is 4.74 Å². The summed E-state index contributed by atoms with van der Waals surface area (Å²) in [6.45, 7) is 0. The molecule has 0 aliphatic carbocycles. The van der Waals surface area contributed by atoms with Gasteiger partial charge in [-0.25, -0.2) is 0 Å². The Morgan fingerprint density at radius 2 is 0.983 bits per heavy atom. The van der Waals surface area contributed by atoms with Crippen molar-refractivity contribution in [2.45, 2.75) is 5.41 Å². The van der Waals surface area contributed by atoms with Gasteiger partial charge in [0.1, 0.15) is 5.75 Å². The zero-order valence-corrected chi connectivity index (χ0v) is 31.6. The lowest BCUT2D eigenvalue weighted by Gasteiger charge is -2.45. The summed E-state index contributed by atoms with van der Waals surface area (Å²) < 4.78 is 9.79. The molecule has 0 saturated heterocycles. The predicted molar refractivity (Wildman–Crippen MR) is 238 cm³/mol. The number of ether oxygens (including phenoxy) is 1. The van der Waals surface area contributed by atoms with Gasteiger partial charge in [-0.1, -0.05) is 176 Å². The Hall–Kier alpha value is -7.62. The van der Waals surface area contributed by atoms with Crippen LogP contribution in [0.1, 0.15) is 22.3 Å². The van der Waals surface area contributed by atoms with Gasteiger partial charge < -0.3 is 14.2 Å². The fourth-order valence-electron chi connectivity index (χ4n) is 9.88. The predicted octanol–water partition coefficient (Wildman–Crippen LogP) is 14.4. The quantitative estimate of drug-likeness (QED) is 0.175. The third kappa shape index (κ3) is 4.56. The van der Waals surface area contributed by atoms with E-state index in [0.29, 0.717) is 0 Å². The van der Waals surface area contributed by atoms with Crippen molar-refractivity contribution in [1.82, 2.24) is 4.57 Å². The molecular weight excluding hydrogens is 705 g/mol. The summed E-state index contributed by atoms with van der Waals surface area (Å²) in [6, 6.07) is 79.0. The molecule has 3 heteroatoms. The lowest BCUT2D eigenvalue weighted by Crippen LogP contribution is -2.38. The van der Waals surface area contributed by atoms with E-state index in [4.69, 9.17) is 4.74 Å². The monoisotopic (exact) mass is 740 g/mol. The van der Waals surface area contributed by atoms with Crippen LogP contribution in [0.5, 0.6) is 11.5 Å². The number of hydrogen-bond acceptors (Lipinski definition) is 2. The summed E-state index contributed by atoms with van der Waals surface area (Å²) in [5.41, 5.74) is 15.4. The molecule has 0 radical (unpaired) electrons. The van der Waals surface area contributed by atoms with Crippen molar-refractivity contribution in [2.75, 3.05) is 4.90 Å². The molecule has 0 fully saturated rings. The van der Waals surface area contributed by atoms with Crippen molar-refractivity contribution >= 4 is 38.9 Å². The first-order chi connectivity index (χ1) is 28.8. The van der Waals surface area contributed by atoms with Gasteiger partial charge in [-0.3, -0.25) is 0 Å². The van der Waals surface area contributed by atoms with E-state index in [1.165, 1.54) is 49.7 Å². The van der Waals surface area contributed by atoms with Gasteiger partial charge in [0, 0.05) is 33.2 Å². The lowest BCUT2D eigenvalue weighted by molar-refractivity contribution is 0.435.